The largest absolute Gasteiger partial charge is 0.385 e. The first-order valence-corrected chi connectivity index (χ1v) is 9.08. The molecule has 0 aliphatic rings. The van der Waals surface area contributed by atoms with Gasteiger partial charge in [0.05, 0.1) is 16.1 Å². The van der Waals surface area contributed by atoms with Crippen molar-refractivity contribution >= 4 is 34.2 Å². The average molecular weight is 405 g/mol. The number of ether oxygens (including phenoxy) is 1. The van der Waals surface area contributed by atoms with Crippen LogP contribution in [0.3, 0.4) is 0 Å². The van der Waals surface area contributed by atoms with E-state index in [1.54, 1.807) is 43.0 Å². The molecule has 1 N–H and O–H groups in total. The minimum absolute atomic E-state index is 0.268. The summed E-state index contributed by atoms with van der Waals surface area (Å²) in [5, 5.41) is 3.47. The zero-order chi connectivity index (χ0) is 20.4. The predicted octanol–water partition coefficient (Wildman–Crippen LogP) is 1.98. The number of hydrogen-bond acceptors (Lipinski definition) is 4. The lowest BCUT2D eigenvalue weighted by Crippen LogP contribution is -2.37. The fourth-order valence-corrected chi connectivity index (χ4v) is 3.35. The number of nitrogens with one attached hydrogen (secondary N) is 1. The summed E-state index contributed by atoms with van der Waals surface area (Å²) in [5.41, 5.74) is 0.222. The quantitative estimate of drug-likeness (QED) is 0.636. The molecule has 28 heavy (non-hydrogen) atoms. The first kappa shape index (κ1) is 19.9. The van der Waals surface area contributed by atoms with Gasteiger partial charge in [-0.2, -0.15) is 0 Å². The van der Waals surface area contributed by atoms with Crippen LogP contribution < -0.4 is 16.6 Å². The third-order valence-electron chi connectivity index (χ3n) is 4.58. The van der Waals surface area contributed by atoms with Crippen molar-refractivity contribution in [1.82, 2.24) is 13.7 Å². The van der Waals surface area contributed by atoms with E-state index in [9.17, 15) is 14.4 Å². The number of anilines is 1. The van der Waals surface area contributed by atoms with E-state index in [0.717, 1.165) is 4.57 Å². The van der Waals surface area contributed by atoms with Crippen LogP contribution in [0, 0.1) is 0 Å². The van der Waals surface area contributed by atoms with Gasteiger partial charge in [0.1, 0.15) is 11.3 Å². The van der Waals surface area contributed by atoms with Crippen LogP contribution in [0.15, 0.2) is 39.9 Å². The van der Waals surface area contributed by atoms with E-state index in [2.05, 4.69) is 5.32 Å². The van der Waals surface area contributed by atoms with Gasteiger partial charge in [-0.15, -0.1) is 0 Å². The monoisotopic (exact) mass is 404 g/mol. The maximum Gasteiger partial charge on any atom is 0.332 e. The SMILES string of the molecule is COCCCn1c(C(=O)Nc2ccccc2Cl)cc2c(=O)n(C)c(=O)n(C)c21. The summed E-state index contributed by atoms with van der Waals surface area (Å²) in [5.74, 6) is -0.420. The fraction of sp³-hybridized carbons (Fsp3) is 0.316. The highest BCUT2D eigenvalue weighted by atomic mass is 35.5. The van der Waals surface area contributed by atoms with Gasteiger partial charge in [0.15, 0.2) is 0 Å². The van der Waals surface area contributed by atoms with Crippen LogP contribution in [0.4, 0.5) is 5.69 Å². The van der Waals surface area contributed by atoms with Crippen molar-refractivity contribution < 1.29 is 9.53 Å². The minimum Gasteiger partial charge on any atom is -0.385 e. The predicted molar refractivity (Wildman–Crippen MR) is 108 cm³/mol. The van der Waals surface area contributed by atoms with E-state index in [0.29, 0.717) is 41.3 Å². The molecule has 2 heterocycles. The molecule has 0 atom stereocenters. The second kappa shape index (κ2) is 8.04. The topological polar surface area (TPSA) is 87.3 Å². The molecule has 0 spiro atoms. The maximum absolute atomic E-state index is 13.0. The van der Waals surface area contributed by atoms with Crippen molar-refractivity contribution in [2.24, 2.45) is 14.1 Å². The summed E-state index contributed by atoms with van der Waals surface area (Å²) in [6.07, 6.45) is 0.607. The van der Waals surface area contributed by atoms with Gasteiger partial charge < -0.3 is 14.6 Å². The Labute approximate surface area is 165 Å². The Morgan fingerprint density at radius 1 is 1.18 bits per heavy atom. The van der Waals surface area contributed by atoms with Gasteiger partial charge >= 0.3 is 5.69 Å². The van der Waals surface area contributed by atoms with Crippen molar-refractivity contribution in [3.8, 4) is 0 Å². The smallest absolute Gasteiger partial charge is 0.332 e. The molecule has 0 bridgehead atoms. The van der Waals surface area contributed by atoms with E-state index >= 15 is 0 Å². The fourth-order valence-electron chi connectivity index (χ4n) is 3.17. The first-order chi connectivity index (χ1) is 13.4. The normalized spacial score (nSPS) is 11.1. The van der Waals surface area contributed by atoms with Crippen LogP contribution in [-0.4, -0.2) is 33.3 Å². The standard InChI is InChI=1S/C19H21ClN4O4/c1-22-17-12(18(26)23(2)19(22)27)11-15(24(17)9-6-10-28-3)16(25)21-14-8-5-4-7-13(14)20/h4-5,7-8,11H,6,9-10H2,1-3H3,(H,21,25). The van der Waals surface area contributed by atoms with Crippen molar-refractivity contribution in [3.05, 3.63) is 61.9 Å². The number of para-hydroxylation sites is 1. The molecule has 9 heteroatoms. The number of aryl methyl sites for hydroxylation is 2. The summed E-state index contributed by atoms with van der Waals surface area (Å²) >= 11 is 6.13. The molecular weight excluding hydrogens is 384 g/mol. The molecule has 0 aliphatic heterocycles. The molecular formula is C19H21ClN4O4. The molecule has 0 saturated carbocycles. The highest BCUT2D eigenvalue weighted by molar-refractivity contribution is 6.33. The summed E-state index contributed by atoms with van der Waals surface area (Å²) < 4.78 is 9.16. The zero-order valence-corrected chi connectivity index (χ0v) is 16.6. The van der Waals surface area contributed by atoms with Crippen LogP contribution in [-0.2, 0) is 25.4 Å². The molecule has 0 saturated heterocycles. The summed E-state index contributed by atoms with van der Waals surface area (Å²) in [6, 6.07) is 8.39. The molecule has 1 amide bonds. The molecule has 0 fully saturated rings. The van der Waals surface area contributed by atoms with Crippen LogP contribution in [0.1, 0.15) is 16.9 Å². The molecule has 3 rings (SSSR count). The molecule has 3 aromatic rings. The van der Waals surface area contributed by atoms with Crippen LogP contribution in [0.2, 0.25) is 5.02 Å². The molecule has 0 unspecified atom stereocenters. The number of rotatable bonds is 6. The van der Waals surface area contributed by atoms with Crippen molar-refractivity contribution in [2.75, 3.05) is 19.0 Å². The highest BCUT2D eigenvalue weighted by Crippen LogP contribution is 2.23. The van der Waals surface area contributed by atoms with Crippen molar-refractivity contribution in [2.45, 2.75) is 13.0 Å². The Kier molecular flexibility index (Phi) is 5.71. The first-order valence-electron chi connectivity index (χ1n) is 8.71. The van der Waals surface area contributed by atoms with Gasteiger partial charge in [-0.1, -0.05) is 23.7 Å². The van der Waals surface area contributed by atoms with Crippen LogP contribution in [0.5, 0.6) is 0 Å². The lowest BCUT2D eigenvalue weighted by molar-refractivity contribution is 0.101. The minimum atomic E-state index is -0.457. The van der Waals surface area contributed by atoms with E-state index in [1.165, 1.54) is 17.7 Å². The number of nitrogens with zero attached hydrogens (tertiary/aromatic N) is 3. The van der Waals surface area contributed by atoms with Gasteiger partial charge in [-0.05, 0) is 24.6 Å². The number of carbonyl (C=O) groups is 1. The Bertz CT molecular complexity index is 1160. The summed E-state index contributed by atoms with van der Waals surface area (Å²) in [4.78, 5) is 37.9. The number of carbonyl (C=O) groups excluding carboxylic acids is 1. The number of methoxy groups -OCH3 is 1. The molecule has 2 aromatic heterocycles. The van der Waals surface area contributed by atoms with Gasteiger partial charge in [0, 0.05) is 34.4 Å². The number of benzene rings is 1. The van der Waals surface area contributed by atoms with Crippen LogP contribution in [0.25, 0.3) is 11.0 Å². The average Bonchev–Trinajstić information content (AvgIpc) is 3.06. The second-order valence-electron chi connectivity index (χ2n) is 6.40. The Morgan fingerprint density at radius 2 is 1.89 bits per heavy atom. The summed E-state index contributed by atoms with van der Waals surface area (Å²) in [7, 11) is 4.58. The van der Waals surface area contributed by atoms with Gasteiger partial charge in [0.25, 0.3) is 11.5 Å². The van der Waals surface area contributed by atoms with Crippen molar-refractivity contribution in [1.29, 1.82) is 0 Å². The second-order valence-corrected chi connectivity index (χ2v) is 6.81. The third-order valence-corrected chi connectivity index (χ3v) is 4.91. The Hall–Kier alpha value is -2.84. The number of halogens is 1. The molecule has 0 radical (unpaired) electrons. The number of amides is 1. The van der Waals surface area contributed by atoms with E-state index in [1.807, 2.05) is 0 Å². The van der Waals surface area contributed by atoms with Crippen LogP contribution >= 0.6 is 11.6 Å². The van der Waals surface area contributed by atoms with E-state index in [-0.39, 0.29) is 5.69 Å². The number of aromatic nitrogens is 3. The van der Waals surface area contributed by atoms with E-state index in [4.69, 9.17) is 16.3 Å². The Morgan fingerprint density at radius 3 is 2.57 bits per heavy atom. The number of fused-ring (bicyclic) bond motifs is 1. The van der Waals surface area contributed by atoms with Gasteiger partial charge in [0.2, 0.25) is 0 Å². The molecule has 0 aliphatic carbocycles. The van der Waals surface area contributed by atoms with Crippen molar-refractivity contribution in [3.63, 3.8) is 0 Å². The Balaban J connectivity index is 2.16. The maximum atomic E-state index is 13.0. The molecule has 8 nitrogen and oxygen atoms in total. The summed E-state index contributed by atoms with van der Waals surface area (Å²) in [6.45, 7) is 0.882. The van der Waals surface area contributed by atoms with Gasteiger partial charge in [-0.25, -0.2) is 4.79 Å². The highest BCUT2D eigenvalue weighted by Gasteiger charge is 2.21. The van der Waals surface area contributed by atoms with E-state index < -0.39 is 17.2 Å². The molecule has 148 valence electrons. The lowest BCUT2D eigenvalue weighted by Gasteiger charge is -2.13. The zero-order valence-electron chi connectivity index (χ0n) is 15.9. The molecule has 1 aromatic carbocycles. The third kappa shape index (κ3) is 3.48. The van der Waals surface area contributed by atoms with Gasteiger partial charge in [-0.3, -0.25) is 18.7 Å². The number of hydrogen-bond donors (Lipinski definition) is 1. The lowest BCUT2D eigenvalue weighted by atomic mass is 10.3.